The summed E-state index contributed by atoms with van der Waals surface area (Å²) in [5, 5.41) is 0. The highest BCUT2D eigenvalue weighted by atomic mass is 16.5. The number of ether oxygens (including phenoxy) is 1. The van der Waals surface area contributed by atoms with Gasteiger partial charge in [0, 0.05) is 24.4 Å². The molecular formula is C17H19NO2. The van der Waals surface area contributed by atoms with Gasteiger partial charge in [-0.2, -0.15) is 0 Å². The van der Waals surface area contributed by atoms with E-state index >= 15 is 0 Å². The zero-order valence-corrected chi connectivity index (χ0v) is 11.9. The molecule has 0 amide bonds. The lowest BCUT2D eigenvalue weighted by Crippen LogP contribution is -2.06. The summed E-state index contributed by atoms with van der Waals surface area (Å²) in [4.78, 5) is 16.1. The van der Waals surface area contributed by atoms with Crippen LogP contribution in [-0.2, 0) is 6.42 Å². The first-order chi connectivity index (χ1) is 9.65. The molecule has 0 bridgehead atoms. The molecule has 3 heteroatoms. The van der Waals surface area contributed by atoms with E-state index < -0.39 is 0 Å². The van der Waals surface area contributed by atoms with E-state index in [0.29, 0.717) is 6.42 Å². The molecule has 1 heterocycles. The van der Waals surface area contributed by atoms with Crippen molar-refractivity contribution in [1.82, 2.24) is 4.98 Å². The fourth-order valence-electron chi connectivity index (χ4n) is 1.94. The van der Waals surface area contributed by atoms with Gasteiger partial charge in [-0.25, -0.2) is 0 Å². The number of hydrogen-bond donors (Lipinski definition) is 0. The fraction of sp³-hybridized carbons (Fsp3) is 0.294. The number of ketones is 1. The number of benzene rings is 1. The third kappa shape index (κ3) is 4.19. The van der Waals surface area contributed by atoms with E-state index in [4.69, 9.17) is 4.74 Å². The molecule has 2 rings (SSSR count). The van der Waals surface area contributed by atoms with E-state index in [2.05, 4.69) is 4.98 Å². The van der Waals surface area contributed by atoms with Crippen LogP contribution in [0.25, 0.3) is 0 Å². The first kappa shape index (κ1) is 14.3. The second-order valence-electron chi connectivity index (χ2n) is 4.98. The van der Waals surface area contributed by atoms with Gasteiger partial charge in [0.05, 0.1) is 6.10 Å². The van der Waals surface area contributed by atoms with E-state index in [9.17, 15) is 4.79 Å². The molecule has 0 N–H and O–H groups in total. The van der Waals surface area contributed by atoms with Gasteiger partial charge in [0.15, 0.2) is 5.78 Å². The third-order valence-corrected chi connectivity index (χ3v) is 2.91. The average molecular weight is 269 g/mol. The van der Waals surface area contributed by atoms with Gasteiger partial charge in [0.25, 0.3) is 0 Å². The normalized spacial score (nSPS) is 10.6. The van der Waals surface area contributed by atoms with Crippen LogP contribution in [0.3, 0.4) is 0 Å². The summed E-state index contributed by atoms with van der Waals surface area (Å²) < 4.78 is 5.56. The number of carbonyl (C=O) groups excluding carboxylic acids is 1. The van der Waals surface area contributed by atoms with Gasteiger partial charge < -0.3 is 4.74 Å². The van der Waals surface area contributed by atoms with Gasteiger partial charge in [0.2, 0.25) is 0 Å². The maximum absolute atomic E-state index is 12.1. The number of rotatable bonds is 6. The molecule has 0 saturated heterocycles. The van der Waals surface area contributed by atoms with E-state index in [-0.39, 0.29) is 11.9 Å². The molecule has 2 aromatic rings. The van der Waals surface area contributed by atoms with Gasteiger partial charge in [-0.15, -0.1) is 0 Å². The van der Waals surface area contributed by atoms with Crippen LogP contribution in [0.1, 0.15) is 36.2 Å². The Kier molecular flexibility index (Phi) is 4.88. The predicted molar refractivity (Wildman–Crippen MR) is 79.1 cm³/mol. The molecule has 104 valence electrons. The van der Waals surface area contributed by atoms with Crippen LogP contribution in [0.5, 0.6) is 5.75 Å². The first-order valence-corrected chi connectivity index (χ1v) is 6.84. The Balaban J connectivity index is 1.92. The quantitative estimate of drug-likeness (QED) is 0.751. The Morgan fingerprint density at radius 2 is 1.95 bits per heavy atom. The Bertz CT molecular complexity index is 547. The molecule has 0 fully saturated rings. The average Bonchev–Trinajstić information content (AvgIpc) is 2.46. The second kappa shape index (κ2) is 6.85. The molecule has 0 aliphatic heterocycles. The van der Waals surface area contributed by atoms with E-state index in [1.54, 1.807) is 12.4 Å². The molecule has 20 heavy (non-hydrogen) atoms. The van der Waals surface area contributed by atoms with Crippen LogP contribution >= 0.6 is 0 Å². The Labute approximate surface area is 119 Å². The van der Waals surface area contributed by atoms with Crippen LogP contribution in [0, 0.1) is 0 Å². The summed E-state index contributed by atoms with van der Waals surface area (Å²) in [6.45, 7) is 3.96. The van der Waals surface area contributed by atoms with Crippen molar-refractivity contribution in [3.8, 4) is 5.75 Å². The summed E-state index contributed by atoms with van der Waals surface area (Å²) in [5.41, 5.74) is 1.81. The largest absolute Gasteiger partial charge is 0.491 e. The lowest BCUT2D eigenvalue weighted by molar-refractivity contribution is 0.0983. The van der Waals surface area contributed by atoms with Crippen LogP contribution in [0.15, 0.2) is 48.8 Å². The van der Waals surface area contributed by atoms with Crippen molar-refractivity contribution in [3.05, 3.63) is 59.9 Å². The van der Waals surface area contributed by atoms with Crippen LogP contribution in [0.2, 0.25) is 0 Å². The van der Waals surface area contributed by atoms with E-state index in [1.165, 1.54) is 0 Å². The lowest BCUT2D eigenvalue weighted by atomic mass is 10.0. The summed E-state index contributed by atoms with van der Waals surface area (Å²) in [5.74, 6) is 0.939. The number of aromatic nitrogens is 1. The molecule has 1 aromatic carbocycles. The molecule has 1 aromatic heterocycles. The van der Waals surface area contributed by atoms with Crippen molar-refractivity contribution >= 4 is 5.78 Å². The monoisotopic (exact) mass is 269 g/mol. The standard InChI is InChI=1S/C17H19NO2/c1-13(2)20-16-8-6-15(7-9-16)17(19)10-5-14-4-3-11-18-12-14/h3-4,6-9,11-13H,5,10H2,1-2H3. The maximum atomic E-state index is 12.1. The lowest BCUT2D eigenvalue weighted by Gasteiger charge is -2.09. The first-order valence-electron chi connectivity index (χ1n) is 6.84. The van der Waals surface area contributed by atoms with Crippen molar-refractivity contribution < 1.29 is 9.53 Å². The van der Waals surface area contributed by atoms with Crippen LogP contribution in [-0.4, -0.2) is 16.9 Å². The van der Waals surface area contributed by atoms with E-state index in [1.807, 2.05) is 50.2 Å². The molecule has 0 unspecified atom stereocenters. The van der Waals surface area contributed by atoms with Gasteiger partial charge in [-0.1, -0.05) is 6.07 Å². The molecule has 0 aliphatic carbocycles. The summed E-state index contributed by atoms with van der Waals surface area (Å²) >= 11 is 0. The highest BCUT2D eigenvalue weighted by Crippen LogP contribution is 2.15. The van der Waals surface area contributed by atoms with Crippen molar-refractivity contribution in [2.75, 3.05) is 0 Å². The van der Waals surface area contributed by atoms with Crippen molar-refractivity contribution in [3.63, 3.8) is 0 Å². The fourth-order valence-corrected chi connectivity index (χ4v) is 1.94. The van der Waals surface area contributed by atoms with Gasteiger partial charge in [-0.3, -0.25) is 9.78 Å². The minimum absolute atomic E-state index is 0.141. The van der Waals surface area contributed by atoms with Gasteiger partial charge in [-0.05, 0) is 56.2 Å². The zero-order valence-electron chi connectivity index (χ0n) is 11.9. The SMILES string of the molecule is CC(C)Oc1ccc(C(=O)CCc2cccnc2)cc1. The zero-order chi connectivity index (χ0) is 14.4. The van der Waals surface area contributed by atoms with Crippen LogP contribution < -0.4 is 4.74 Å². The molecule has 0 atom stereocenters. The molecule has 0 saturated carbocycles. The number of carbonyl (C=O) groups is 1. The molecule has 0 aliphatic rings. The van der Waals surface area contributed by atoms with Crippen molar-refractivity contribution in [2.24, 2.45) is 0 Å². The van der Waals surface area contributed by atoms with Crippen LogP contribution in [0.4, 0.5) is 0 Å². The minimum atomic E-state index is 0.141. The Morgan fingerprint density at radius 3 is 2.55 bits per heavy atom. The number of hydrogen-bond acceptors (Lipinski definition) is 3. The van der Waals surface area contributed by atoms with Gasteiger partial charge in [0.1, 0.15) is 5.75 Å². The molecular weight excluding hydrogens is 250 g/mol. The minimum Gasteiger partial charge on any atom is -0.491 e. The van der Waals surface area contributed by atoms with Crippen molar-refractivity contribution in [1.29, 1.82) is 0 Å². The second-order valence-corrected chi connectivity index (χ2v) is 4.98. The number of aryl methyl sites for hydroxylation is 1. The number of Topliss-reactive ketones (excluding diaryl/α,β-unsaturated/α-hetero) is 1. The Morgan fingerprint density at radius 1 is 1.20 bits per heavy atom. The smallest absolute Gasteiger partial charge is 0.163 e. The summed E-state index contributed by atoms with van der Waals surface area (Å²) in [7, 11) is 0. The number of nitrogens with zero attached hydrogens (tertiary/aromatic N) is 1. The molecule has 0 spiro atoms. The highest BCUT2D eigenvalue weighted by molar-refractivity contribution is 5.96. The van der Waals surface area contributed by atoms with Gasteiger partial charge >= 0.3 is 0 Å². The predicted octanol–water partition coefficient (Wildman–Crippen LogP) is 3.68. The number of pyridine rings is 1. The van der Waals surface area contributed by atoms with E-state index in [0.717, 1.165) is 23.3 Å². The maximum Gasteiger partial charge on any atom is 0.163 e. The summed E-state index contributed by atoms with van der Waals surface area (Å²) in [6, 6.07) is 11.2. The Hall–Kier alpha value is -2.16. The third-order valence-electron chi connectivity index (χ3n) is 2.91. The summed E-state index contributed by atoms with van der Waals surface area (Å²) in [6.07, 6.45) is 4.89. The molecule has 3 nitrogen and oxygen atoms in total. The topological polar surface area (TPSA) is 39.2 Å². The van der Waals surface area contributed by atoms with Crippen molar-refractivity contribution in [2.45, 2.75) is 32.8 Å². The highest BCUT2D eigenvalue weighted by Gasteiger charge is 2.07. The molecule has 0 radical (unpaired) electrons.